The van der Waals surface area contributed by atoms with Crippen molar-refractivity contribution in [2.75, 3.05) is 33.9 Å². The van der Waals surface area contributed by atoms with Gasteiger partial charge in [0.05, 0.1) is 7.11 Å². The highest BCUT2D eigenvalue weighted by molar-refractivity contribution is 5.79. The summed E-state index contributed by atoms with van der Waals surface area (Å²) in [6, 6.07) is 15.8. The molecule has 1 atom stereocenters. The summed E-state index contributed by atoms with van der Waals surface area (Å²) in [5, 5.41) is 6.70. The molecule has 30 heavy (non-hydrogen) atoms. The quantitative estimate of drug-likeness (QED) is 0.389. The van der Waals surface area contributed by atoms with Gasteiger partial charge in [-0.05, 0) is 54.2 Å². The topological polar surface area (TPSA) is 98.0 Å². The van der Waals surface area contributed by atoms with Crippen LogP contribution in [0.1, 0.15) is 30.4 Å². The lowest BCUT2D eigenvalue weighted by molar-refractivity contribution is -0.119. The maximum absolute atomic E-state index is 10.7. The Hall–Kier alpha value is -3.22. The third-order valence-electron chi connectivity index (χ3n) is 4.79. The molecule has 0 aromatic heterocycles. The summed E-state index contributed by atoms with van der Waals surface area (Å²) in [4.78, 5) is 15.0. The lowest BCUT2D eigenvalue weighted by Crippen LogP contribution is -2.39. The Labute approximate surface area is 178 Å². The molecule has 0 saturated heterocycles. The van der Waals surface area contributed by atoms with Gasteiger partial charge in [-0.1, -0.05) is 31.2 Å². The van der Waals surface area contributed by atoms with Gasteiger partial charge in [-0.25, -0.2) is 0 Å². The molecule has 0 heterocycles. The van der Waals surface area contributed by atoms with Gasteiger partial charge in [0, 0.05) is 20.1 Å². The summed E-state index contributed by atoms with van der Waals surface area (Å²) in [6.07, 6.45) is 1.85. The molecule has 0 aliphatic carbocycles. The van der Waals surface area contributed by atoms with Crippen LogP contribution in [0.15, 0.2) is 53.5 Å². The summed E-state index contributed by atoms with van der Waals surface area (Å²) < 4.78 is 10.5. The molecule has 7 nitrogen and oxygen atoms in total. The van der Waals surface area contributed by atoms with Crippen LogP contribution in [0.2, 0.25) is 0 Å². The Kier molecular flexibility index (Phi) is 9.51. The molecule has 2 aromatic rings. The molecular weight excluding hydrogens is 380 g/mol. The zero-order valence-electron chi connectivity index (χ0n) is 18.0. The number of methoxy groups -OCH3 is 1. The van der Waals surface area contributed by atoms with E-state index >= 15 is 0 Å². The van der Waals surface area contributed by atoms with E-state index in [4.69, 9.17) is 15.2 Å². The number of nitrogens with zero attached hydrogens (tertiary/aromatic N) is 1. The number of primary amides is 1. The van der Waals surface area contributed by atoms with Gasteiger partial charge in [0.1, 0.15) is 11.5 Å². The fourth-order valence-electron chi connectivity index (χ4n) is 2.96. The molecule has 2 rings (SSSR count). The number of carbonyl (C=O) groups is 1. The van der Waals surface area contributed by atoms with Gasteiger partial charge in [-0.15, -0.1) is 0 Å². The molecule has 0 aliphatic rings. The van der Waals surface area contributed by atoms with Crippen LogP contribution in [0, 0.1) is 0 Å². The van der Waals surface area contributed by atoms with E-state index in [1.807, 2.05) is 36.4 Å². The molecule has 0 radical (unpaired) electrons. The number of hydrogen-bond donors (Lipinski definition) is 3. The minimum Gasteiger partial charge on any atom is -0.497 e. The van der Waals surface area contributed by atoms with E-state index in [0.29, 0.717) is 11.7 Å². The summed E-state index contributed by atoms with van der Waals surface area (Å²) in [5.74, 6) is 2.26. The Morgan fingerprint density at radius 3 is 2.27 bits per heavy atom. The summed E-state index contributed by atoms with van der Waals surface area (Å²) in [5.41, 5.74) is 7.53. The Balaban J connectivity index is 1.68. The highest BCUT2D eigenvalue weighted by Gasteiger charge is 2.06. The third-order valence-corrected chi connectivity index (χ3v) is 4.79. The molecule has 0 aliphatic heterocycles. The zero-order chi connectivity index (χ0) is 21.8. The van der Waals surface area contributed by atoms with Crippen molar-refractivity contribution in [2.24, 2.45) is 10.7 Å². The van der Waals surface area contributed by atoms with E-state index in [1.165, 1.54) is 5.56 Å². The van der Waals surface area contributed by atoms with E-state index in [0.717, 1.165) is 43.2 Å². The Morgan fingerprint density at radius 2 is 1.67 bits per heavy atom. The lowest BCUT2D eigenvalue weighted by Gasteiger charge is -2.15. The normalized spacial score (nSPS) is 12.2. The van der Waals surface area contributed by atoms with Gasteiger partial charge < -0.3 is 25.8 Å². The minimum absolute atomic E-state index is 0.111. The number of carbonyl (C=O) groups excluding carboxylic acids is 1. The van der Waals surface area contributed by atoms with Gasteiger partial charge in [0.25, 0.3) is 5.91 Å². The maximum atomic E-state index is 10.7. The first-order valence-electron chi connectivity index (χ1n) is 10.1. The summed E-state index contributed by atoms with van der Waals surface area (Å²) in [7, 11) is 3.45. The van der Waals surface area contributed by atoms with Crippen molar-refractivity contribution >= 4 is 11.9 Å². The predicted molar refractivity (Wildman–Crippen MR) is 120 cm³/mol. The van der Waals surface area contributed by atoms with E-state index in [9.17, 15) is 4.79 Å². The molecule has 7 heteroatoms. The molecule has 4 N–H and O–H groups in total. The maximum Gasteiger partial charge on any atom is 0.255 e. The number of rotatable bonds is 11. The highest BCUT2D eigenvalue weighted by Crippen LogP contribution is 2.21. The molecule has 0 bridgehead atoms. The average molecular weight is 413 g/mol. The number of aliphatic imine (C=N–C) groups is 1. The van der Waals surface area contributed by atoms with Gasteiger partial charge in [0.15, 0.2) is 12.6 Å². The smallest absolute Gasteiger partial charge is 0.255 e. The average Bonchev–Trinajstić information content (AvgIpc) is 2.77. The van der Waals surface area contributed by atoms with Crippen LogP contribution in [0.3, 0.4) is 0 Å². The Bertz CT molecular complexity index is 804. The number of nitrogens with two attached hydrogens (primary N) is 1. The second-order valence-electron chi connectivity index (χ2n) is 7.04. The van der Waals surface area contributed by atoms with Crippen LogP contribution >= 0.6 is 0 Å². The first-order chi connectivity index (χ1) is 14.5. The van der Waals surface area contributed by atoms with Crippen LogP contribution in [0.5, 0.6) is 11.5 Å². The molecule has 0 spiro atoms. The molecule has 0 fully saturated rings. The van der Waals surface area contributed by atoms with Crippen molar-refractivity contribution in [3.63, 3.8) is 0 Å². The second-order valence-corrected chi connectivity index (χ2v) is 7.04. The van der Waals surface area contributed by atoms with Crippen LogP contribution in [-0.4, -0.2) is 45.7 Å². The second kappa shape index (κ2) is 12.4. The number of hydrogen-bond acceptors (Lipinski definition) is 4. The fourth-order valence-corrected chi connectivity index (χ4v) is 2.96. The summed E-state index contributed by atoms with van der Waals surface area (Å²) in [6.45, 7) is 3.70. The number of benzene rings is 2. The first-order valence-corrected chi connectivity index (χ1v) is 10.1. The summed E-state index contributed by atoms with van der Waals surface area (Å²) >= 11 is 0. The van der Waals surface area contributed by atoms with Gasteiger partial charge >= 0.3 is 0 Å². The lowest BCUT2D eigenvalue weighted by atomic mass is 9.98. The molecule has 162 valence electrons. The monoisotopic (exact) mass is 412 g/mol. The number of amides is 1. The van der Waals surface area contributed by atoms with E-state index in [2.05, 4.69) is 34.7 Å². The zero-order valence-corrected chi connectivity index (χ0v) is 18.0. The first kappa shape index (κ1) is 23.1. The number of nitrogens with one attached hydrogen (secondary N) is 2. The number of ether oxygens (including phenoxy) is 2. The van der Waals surface area contributed by atoms with Crippen molar-refractivity contribution < 1.29 is 14.3 Å². The molecular formula is C23H32N4O3. The van der Waals surface area contributed by atoms with Gasteiger partial charge in [-0.3, -0.25) is 9.79 Å². The minimum atomic E-state index is -0.486. The molecule has 2 aromatic carbocycles. The van der Waals surface area contributed by atoms with E-state index in [-0.39, 0.29) is 6.61 Å². The van der Waals surface area contributed by atoms with E-state index < -0.39 is 5.91 Å². The fraction of sp³-hybridized carbons (Fsp3) is 0.391. The van der Waals surface area contributed by atoms with Crippen molar-refractivity contribution in [3.8, 4) is 11.5 Å². The van der Waals surface area contributed by atoms with Gasteiger partial charge in [-0.2, -0.15) is 0 Å². The molecule has 1 amide bonds. The molecule has 1 unspecified atom stereocenters. The third kappa shape index (κ3) is 8.03. The van der Waals surface area contributed by atoms with Gasteiger partial charge in [0.2, 0.25) is 0 Å². The van der Waals surface area contributed by atoms with Crippen molar-refractivity contribution in [1.29, 1.82) is 0 Å². The van der Waals surface area contributed by atoms with Crippen LogP contribution in [-0.2, 0) is 11.2 Å². The predicted octanol–water partition coefficient (Wildman–Crippen LogP) is 2.46. The highest BCUT2D eigenvalue weighted by atomic mass is 16.5. The SMILES string of the molecule is CN=C(NCCc1ccc(OCC(N)=O)cc1)NCCC(C)c1ccc(OC)cc1. The van der Waals surface area contributed by atoms with Crippen molar-refractivity contribution in [2.45, 2.75) is 25.7 Å². The van der Waals surface area contributed by atoms with Crippen LogP contribution < -0.4 is 25.8 Å². The number of guanidine groups is 1. The standard InChI is InChI=1S/C23H32N4O3/c1-17(19-6-10-20(29-3)11-7-19)12-14-26-23(25-2)27-15-13-18-4-8-21(9-5-18)30-16-22(24)28/h4-11,17H,12-16H2,1-3H3,(H2,24,28)(H2,25,26,27). The van der Waals surface area contributed by atoms with E-state index in [1.54, 1.807) is 14.2 Å². The van der Waals surface area contributed by atoms with Crippen LogP contribution in [0.4, 0.5) is 0 Å². The largest absolute Gasteiger partial charge is 0.497 e. The molecule has 0 saturated carbocycles. The van der Waals surface area contributed by atoms with Crippen molar-refractivity contribution in [3.05, 3.63) is 59.7 Å². The Morgan fingerprint density at radius 1 is 1.03 bits per heavy atom. The van der Waals surface area contributed by atoms with Crippen molar-refractivity contribution in [1.82, 2.24) is 10.6 Å². The van der Waals surface area contributed by atoms with Crippen LogP contribution in [0.25, 0.3) is 0 Å².